The van der Waals surface area contributed by atoms with E-state index in [0.29, 0.717) is 11.4 Å². The smallest absolute Gasteiger partial charge is 0.327 e. The zero-order valence-corrected chi connectivity index (χ0v) is 69.3. The Hall–Kier alpha value is -9.13. The second-order valence-electron chi connectivity index (χ2n) is 30.8. The number of aliphatic hydroxyl groups excluding tert-OH is 14. The molecule has 121 heavy (non-hydrogen) atoms. The molecule has 23 atom stereocenters. The number of fused-ring (bicyclic) bond motifs is 1. The number of guanidine groups is 1. The third-order valence-electron chi connectivity index (χ3n) is 21.4. The van der Waals surface area contributed by atoms with Crippen LogP contribution in [0.2, 0.25) is 0 Å². The van der Waals surface area contributed by atoms with Crippen molar-refractivity contribution in [3.63, 3.8) is 0 Å². The van der Waals surface area contributed by atoms with Gasteiger partial charge in [-0.05, 0) is 99.8 Å². The molecule has 0 fully saturated rings. The molecule has 28 N–H and O–H groups in total. The number of aliphatic imine (C=N–C) groups is 1. The summed E-state index contributed by atoms with van der Waals surface area (Å²) in [5.41, 5.74) is 6.98. The lowest BCUT2D eigenvalue weighted by atomic mass is 9.81. The fraction of sp³-hybridized carbons (Fsp3) is 0.688. The molecule has 0 spiro atoms. The Morgan fingerprint density at radius 3 is 1.31 bits per heavy atom. The van der Waals surface area contributed by atoms with Gasteiger partial charge in [-0.3, -0.25) is 57.5 Å². The summed E-state index contributed by atoms with van der Waals surface area (Å²) >= 11 is 3.98. The topological polar surface area (TPSA) is 738 Å². The highest BCUT2D eigenvalue weighted by molar-refractivity contribution is 7.80. The predicted molar refractivity (Wildman–Crippen MR) is 431 cm³/mol. The number of carboxylic acids is 3. The van der Waals surface area contributed by atoms with Crippen LogP contribution in [0.1, 0.15) is 179 Å². The van der Waals surface area contributed by atoms with E-state index < -0.39 is 325 Å². The zero-order valence-electron chi connectivity index (χ0n) is 68.4. The number of aliphatic carboxylic acids is 3. The molecule has 682 valence electrons. The molecule has 0 saturated carbocycles. The number of Topliss-reactive ketones (excluding diaryl/α,β-unsaturated/α-hetero) is 3. The fourth-order valence-electron chi connectivity index (χ4n) is 12.9. The number of hydrogen-bond acceptors (Lipinski definition) is 34. The Morgan fingerprint density at radius 1 is 0.488 bits per heavy atom. The number of anilines is 2. The lowest BCUT2D eigenvalue weighted by Crippen LogP contribution is -2.59. The number of amides is 7. The van der Waals surface area contributed by atoms with Crippen molar-refractivity contribution in [1.29, 1.82) is 0 Å². The van der Waals surface area contributed by atoms with Crippen LogP contribution in [0, 0.1) is 41.4 Å². The first-order valence-corrected chi connectivity index (χ1v) is 40.5. The van der Waals surface area contributed by atoms with Crippen molar-refractivity contribution in [1.82, 2.24) is 47.2 Å². The zero-order chi connectivity index (χ0) is 91.2. The molecule has 0 saturated heterocycles. The lowest BCUT2D eigenvalue weighted by molar-refractivity contribution is -0.142. The number of aromatic nitrogens is 2. The van der Waals surface area contributed by atoms with Crippen LogP contribution in [0.4, 0.5) is 11.5 Å². The van der Waals surface area contributed by atoms with Gasteiger partial charge in [0.25, 0.3) is 5.91 Å². The van der Waals surface area contributed by atoms with E-state index >= 15 is 0 Å². The van der Waals surface area contributed by atoms with Gasteiger partial charge in [0.1, 0.15) is 77.6 Å². The molecule has 2 heterocycles. The highest BCUT2D eigenvalue weighted by Crippen LogP contribution is 2.29. The van der Waals surface area contributed by atoms with E-state index in [1.54, 1.807) is 19.1 Å². The summed E-state index contributed by atoms with van der Waals surface area (Å²) in [7, 11) is 0. The first-order chi connectivity index (χ1) is 56.9. The maximum Gasteiger partial charge on any atom is 0.327 e. The van der Waals surface area contributed by atoms with Crippen molar-refractivity contribution in [2.75, 3.05) is 49.4 Å². The molecule has 0 radical (unpaired) electrons. The van der Waals surface area contributed by atoms with Crippen LogP contribution in [0.25, 0.3) is 0 Å². The van der Waals surface area contributed by atoms with Gasteiger partial charge in [0.15, 0.2) is 18.0 Å². The van der Waals surface area contributed by atoms with Gasteiger partial charge in [0, 0.05) is 105 Å². The summed E-state index contributed by atoms with van der Waals surface area (Å²) in [5.74, 6) is -21.0. The van der Waals surface area contributed by atoms with Gasteiger partial charge in [-0.25, -0.2) is 19.8 Å². The lowest BCUT2D eigenvalue weighted by Gasteiger charge is -2.29. The molecular formula is C77H123N13O30S. The molecule has 7 amide bonds. The van der Waals surface area contributed by atoms with Crippen molar-refractivity contribution < 1.29 is 149 Å². The minimum Gasteiger partial charge on any atom is -0.481 e. The van der Waals surface area contributed by atoms with Gasteiger partial charge < -0.3 is 140 Å². The number of ketones is 3. The number of nitrogens with two attached hydrogens (primary N) is 1. The van der Waals surface area contributed by atoms with Crippen molar-refractivity contribution in [3.05, 3.63) is 47.4 Å². The molecule has 44 heteroatoms. The molecule has 1 aliphatic rings. The van der Waals surface area contributed by atoms with Gasteiger partial charge in [-0.15, -0.1) is 0 Å². The Labute approximate surface area is 703 Å². The monoisotopic (exact) mass is 1740 g/mol. The van der Waals surface area contributed by atoms with Crippen LogP contribution in [-0.4, -0.2) is 309 Å². The minimum absolute atomic E-state index is 0.00457. The van der Waals surface area contributed by atoms with Crippen LogP contribution in [0.3, 0.4) is 0 Å². The number of thiol groups is 1. The first-order valence-electron chi connectivity index (χ1n) is 39.9. The largest absolute Gasteiger partial charge is 0.481 e. The molecule has 23 unspecified atom stereocenters. The van der Waals surface area contributed by atoms with E-state index in [-0.39, 0.29) is 68.2 Å². The van der Waals surface area contributed by atoms with Crippen molar-refractivity contribution >= 4 is 107 Å². The molecule has 2 aromatic rings. The summed E-state index contributed by atoms with van der Waals surface area (Å²) in [6.07, 6.45) is -23.7. The van der Waals surface area contributed by atoms with Gasteiger partial charge in [-0.1, -0.05) is 41.5 Å². The highest BCUT2D eigenvalue weighted by Gasteiger charge is 2.39. The number of nitrogens with zero attached hydrogens (tertiary/aromatic N) is 3. The third kappa shape index (κ3) is 36.8. The van der Waals surface area contributed by atoms with E-state index in [4.69, 9.17) is 5.73 Å². The van der Waals surface area contributed by atoms with Crippen LogP contribution in [0.5, 0.6) is 0 Å². The van der Waals surface area contributed by atoms with Gasteiger partial charge in [-0.2, -0.15) is 12.6 Å². The Bertz CT molecular complexity index is 3740. The summed E-state index contributed by atoms with van der Waals surface area (Å²) in [6.45, 7) is 5.90. The standard InChI is InChI=1S/C77H123N13O30S/c1-36(24-43(31-91)57(100)27-46(95)32-92)39(4)54(97)19-15-50(74(117)88-53(35-121)76(119)120)85-73(116)52(17-22-64(108)109)87-71(114)49(14-20-56(99)40(5)37(2)25-58(101)59(102)28-47(96)33-93)84-72(115)51(16-21-63(106)107)86-70(113)48(13-18-55(98)41(6)38(3)26-60(103)66(110)67(111)61(104)34-94)83-62(105)8-7-23-79-69(112)42-9-11-44(12-10-42)80-29-45-30-81-68-65(82-45)75(118)90-77(78)89-68/h9-12,30,36-41,43,46-53,57-61,66-67,75,80,91-96,100-104,110-111,118,121H,7-8,13-29,31-35H2,1-6H3,(H,79,112)(H,83,105)(H,84,115)(H,85,116)(H,86,113)(H,87,114)(H,88,117)(H,106,107)(H,108,109)(H,119,120)(H3,78,81,89,90). The van der Waals surface area contributed by atoms with E-state index in [0.717, 1.165) is 0 Å². The number of aliphatic hydroxyl groups is 14. The second kappa shape index (κ2) is 53.7. The average molecular weight is 1740 g/mol. The summed E-state index contributed by atoms with van der Waals surface area (Å²) in [5, 5.41) is 194. The molecule has 1 aromatic heterocycles. The van der Waals surface area contributed by atoms with Crippen LogP contribution in [0.15, 0.2) is 35.5 Å². The summed E-state index contributed by atoms with van der Waals surface area (Å²) in [4.78, 5) is 192. The van der Waals surface area contributed by atoms with Gasteiger partial charge in [0.2, 0.25) is 35.4 Å². The number of rotatable bonds is 61. The molecular weight excluding hydrogens is 1620 g/mol. The minimum atomic E-state index is -2.05. The quantitative estimate of drug-likeness (QED) is 0.0217. The van der Waals surface area contributed by atoms with Crippen molar-refractivity contribution in [3.8, 4) is 0 Å². The first kappa shape index (κ1) is 106. The average Bonchev–Trinajstić information content (AvgIpc) is 0.803. The molecule has 3 rings (SSSR count). The number of carboxylic acid groups (broad SMARTS) is 3. The maximum atomic E-state index is 14.9. The van der Waals surface area contributed by atoms with Gasteiger partial charge >= 0.3 is 17.9 Å². The summed E-state index contributed by atoms with van der Waals surface area (Å²) in [6, 6.07) is -5.32. The Kier molecular flexibility index (Phi) is 47.1. The number of benzene rings is 1. The SMILES string of the molecule is CC(CC(O)C(O)CC(O)CO)C(C)C(=O)CCC(NC(=O)C(CCC(=O)O)NC(=O)C(CCC(=O)C(C)C(C)CC(O)C(O)C(O)C(O)CO)NC(=O)CCCNC(=O)c1ccc(NCc2cnc3c(n2)C(O)N=C(N)N3)cc1)C(=O)NC(CCC(=O)O)C(=O)NC(CCC(=O)C(C)C(C)CC(CO)C(O)CC(O)CO)C(=O)NC(CS)C(=O)O. The Morgan fingerprint density at radius 2 is 0.893 bits per heavy atom. The predicted octanol–water partition coefficient (Wildman–Crippen LogP) is -5.37. The fourth-order valence-corrected chi connectivity index (χ4v) is 13.2. The molecule has 1 aromatic carbocycles. The van der Waals surface area contributed by atoms with E-state index in [2.05, 4.69) is 75.4 Å². The van der Waals surface area contributed by atoms with Gasteiger partial charge in [0.05, 0.1) is 74.9 Å². The molecule has 0 aliphatic carbocycles. The molecule has 43 nitrogen and oxygen atoms in total. The van der Waals surface area contributed by atoms with Crippen LogP contribution < -0.4 is 53.6 Å². The maximum absolute atomic E-state index is 14.9. The second-order valence-corrected chi connectivity index (χ2v) is 31.2. The summed E-state index contributed by atoms with van der Waals surface area (Å²) < 4.78 is 0. The number of carbonyl (C=O) groups excluding carboxylic acids is 10. The van der Waals surface area contributed by atoms with Crippen molar-refractivity contribution in [2.24, 2.45) is 52.2 Å². The number of nitrogens with one attached hydrogen (secondary N) is 9. The third-order valence-corrected chi connectivity index (χ3v) is 21.7. The highest BCUT2D eigenvalue weighted by atomic mass is 32.1. The number of carbonyl (C=O) groups is 13. The molecule has 0 bridgehead atoms. The van der Waals surface area contributed by atoms with Crippen molar-refractivity contribution in [2.45, 2.75) is 255 Å². The van der Waals surface area contributed by atoms with E-state index in [1.165, 1.54) is 52.9 Å². The normalized spacial score (nSPS) is 18.1. The van der Waals surface area contributed by atoms with Crippen LogP contribution in [-0.2, 0) is 64.1 Å². The molecule has 1 aliphatic heterocycles. The number of hydrogen-bond donors (Lipinski definition) is 28. The Balaban J connectivity index is 2.07. The van der Waals surface area contributed by atoms with E-state index in [9.17, 15) is 149 Å². The van der Waals surface area contributed by atoms with E-state index in [1.807, 2.05) is 0 Å². The van der Waals surface area contributed by atoms with Crippen LogP contribution >= 0.6 is 12.6 Å².